The summed E-state index contributed by atoms with van der Waals surface area (Å²) in [5.74, 6) is 0.276. The van der Waals surface area contributed by atoms with Gasteiger partial charge in [0.2, 0.25) is 0 Å². The molecule has 5 heteroatoms. The average Bonchev–Trinajstić information content (AvgIpc) is 2.68. The van der Waals surface area contributed by atoms with Gasteiger partial charge in [0.25, 0.3) is 5.91 Å². The Bertz CT molecular complexity index is 753. The van der Waals surface area contributed by atoms with E-state index >= 15 is 0 Å². The number of carbonyl (C=O) groups excluding carboxylic acids is 1. The Morgan fingerprint density at radius 2 is 1.72 bits per heavy atom. The van der Waals surface area contributed by atoms with E-state index in [0.29, 0.717) is 16.2 Å². The Kier molecular flexibility index (Phi) is 5.87. The third-order valence-electron chi connectivity index (χ3n) is 4.49. The molecule has 2 aromatic carbocycles. The Hall–Kier alpha value is -2.14. The fraction of sp³-hybridized carbons (Fsp3) is 0.350. The first-order valence-electron chi connectivity index (χ1n) is 8.83. The lowest BCUT2D eigenvalue weighted by atomic mass is 10.1. The van der Waals surface area contributed by atoms with Gasteiger partial charge in [0, 0.05) is 30.2 Å². The molecule has 2 aromatic rings. The summed E-state index contributed by atoms with van der Waals surface area (Å²) in [5.41, 5.74) is 2.43. The lowest BCUT2D eigenvalue weighted by molar-refractivity contribution is 0.102. The van der Waals surface area contributed by atoms with E-state index < -0.39 is 10.8 Å². The van der Waals surface area contributed by atoms with Crippen LogP contribution in [0.1, 0.15) is 36.5 Å². The van der Waals surface area contributed by atoms with E-state index in [1.807, 2.05) is 25.1 Å². The van der Waals surface area contributed by atoms with E-state index in [1.54, 1.807) is 18.2 Å². The third kappa shape index (κ3) is 4.28. The predicted molar refractivity (Wildman–Crippen MR) is 104 cm³/mol. The summed E-state index contributed by atoms with van der Waals surface area (Å²) >= 11 is 0. The van der Waals surface area contributed by atoms with Crippen LogP contribution in [0.3, 0.4) is 0 Å². The van der Waals surface area contributed by atoms with E-state index in [-0.39, 0.29) is 5.91 Å². The number of benzene rings is 2. The molecule has 132 valence electrons. The van der Waals surface area contributed by atoms with Crippen molar-refractivity contribution >= 4 is 28.1 Å². The summed E-state index contributed by atoms with van der Waals surface area (Å²) in [6, 6.07) is 15.1. The molecule has 1 aliphatic heterocycles. The van der Waals surface area contributed by atoms with Gasteiger partial charge in [0.15, 0.2) is 0 Å². The second-order valence-electron chi connectivity index (χ2n) is 6.18. The minimum Gasteiger partial charge on any atom is -0.372 e. The molecule has 1 N–H and O–H groups in total. The van der Waals surface area contributed by atoms with Crippen LogP contribution in [0.5, 0.6) is 0 Å². The molecule has 0 aliphatic carbocycles. The van der Waals surface area contributed by atoms with Crippen molar-refractivity contribution in [2.24, 2.45) is 0 Å². The van der Waals surface area contributed by atoms with Gasteiger partial charge >= 0.3 is 0 Å². The normalized spacial score (nSPS) is 15.6. The molecule has 0 spiro atoms. The van der Waals surface area contributed by atoms with Gasteiger partial charge < -0.3 is 10.2 Å². The van der Waals surface area contributed by atoms with Gasteiger partial charge in [-0.15, -0.1) is 0 Å². The SMILES string of the molecule is CC[S@@](=O)c1ccccc1C(=O)Nc1ccc(N2CCCCC2)cc1. The van der Waals surface area contributed by atoms with Crippen molar-refractivity contribution in [2.45, 2.75) is 31.1 Å². The molecule has 1 saturated heterocycles. The zero-order chi connectivity index (χ0) is 17.6. The maximum atomic E-state index is 12.6. The molecule has 0 radical (unpaired) electrons. The van der Waals surface area contributed by atoms with Crippen LogP contribution in [0.25, 0.3) is 0 Å². The fourth-order valence-electron chi connectivity index (χ4n) is 3.11. The molecule has 25 heavy (non-hydrogen) atoms. The predicted octanol–water partition coefficient (Wildman–Crippen LogP) is 4.06. The highest BCUT2D eigenvalue weighted by atomic mass is 32.2. The van der Waals surface area contributed by atoms with Crippen molar-refractivity contribution in [3.8, 4) is 0 Å². The molecule has 1 fully saturated rings. The topological polar surface area (TPSA) is 49.4 Å². The monoisotopic (exact) mass is 356 g/mol. The summed E-state index contributed by atoms with van der Waals surface area (Å²) in [4.78, 5) is 15.6. The highest BCUT2D eigenvalue weighted by Gasteiger charge is 2.15. The van der Waals surface area contributed by atoms with Crippen molar-refractivity contribution in [3.05, 3.63) is 54.1 Å². The van der Waals surface area contributed by atoms with Crippen LogP contribution in [-0.4, -0.2) is 29.0 Å². The maximum Gasteiger partial charge on any atom is 0.256 e. The van der Waals surface area contributed by atoms with Crippen LogP contribution in [0, 0.1) is 0 Å². The largest absolute Gasteiger partial charge is 0.372 e. The molecule has 3 rings (SSSR count). The van der Waals surface area contributed by atoms with Crippen LogP contribution >= 0.6 is 0 Å². The first kappa shape index (κ1) is 17.7. The van der Waals surface area contributed by atoms with Gasteiger partial charge in [-0.05, 0) is 55.7 Å². The minimum atomic E-state index is -1.16. The second kappa shape index (κ2) is 8.30. The highest BCUT2D eigenvalue weighted by molar-refractivity contribution is 7.85. The number of hydrogen-bond acceptors (Lipinski definition) is 3. The Morgan fingerprint density at radius 1 is 1.04 bits per heavy atom. The number of hydrogen-bond donors (Lipinski definition) is 1. The van der Waals surface area contributed by atoms with Crippen molar-refractivity contribution in [1.82, 2.24) is 0 Å². The number of piperidine rings is 1. The van der Waals surface area contributed by atoms with Gasteiger partial charge in [-0.25, -0.2) is 0 Å². The fourth-order valence-corrected chi connectivity index (χ4v) is 4.06. The van der Waals surface area contributed by atoms with E-state index in [9.17, 15) is 9.00 Å². The molecule has 1 amide bonds. The van der Waals surface area contributed by atoms with Gasteiger partial charge in [-0.1, -0.05) is 19.1 Å². The molecule has 1 atom stereocenters. The van der Waals surface area contributed by atoms with Crippen molar-refractivity contribution in [1.29, 1.82) is 0 Å². The molecule has 4 nitrogen and oxygen atoms in total. The van der Waals surface area contributed by atoms with Gasteiger partial charge in [0.05, 0.1) is 21.3 Å². The molecular weight excluding hydrogens is 332 g/mol. The second-order valence-corrected chi connectivity index (χ2v) is 7.89. The van der Waals surface area contributed by atoms with Crippen molar-refractivity contribution in [2.75, 3.05) is 29.1 Å². The van der Waals surface area contributed by atoms with Gasteiger partial charge in [-0.2, -0.15) is 0 Å². The van der Waals surface area contributed by atoms with Crippen LogP contribution in [-0.2, 0) is 10.8 Å². The van der Waals surface area contributed by atoms with E-state index in [2.05, 4.69) is 22.3 Å². The Morgan fingerprint density at radius 3 is 2.40 bits per heavy atom. The molecular formula is C20H24N2O2S. The molecule has 0 saturated carbocycles. The number of nitrogens with zero attached hydrogens (tertiary/aromatic N) is 1. The Labute approximate surface area is 151 Å². The molecule has 1 heterocycles. The smallest absolute Gasteiger partial charge is 0.256 e. The zero-order valence-corrected chi connectivity index (χ0v) is 15.3. The van der Waals surface area contributed by atoms with E-state index in [4.69, 9.17) is 0 Å². The van der Waals surface area contributed by atoms with Crippen molar-refractivity contribution in [3.63, 3.8) is 0 Å². The first-order chi connectivity index (χ1) is 12.2. The van der Waals surface area contributed by atoms with Crippen LogP contribution in [0.2, 0.25) is 0 Å². The standard InChI is InChI=1S/C20H24N2O2S/c1-2-25(24)19-9-5-4-8-18(19)20(23)21-16-10-12-17(13-11-16)22-14-6-3-7-15-22/h4-5,8-13H,2-3,6-7,14-15H2,1H3,(H,21,23)/t25-/m1/s1. The first-order valence-corrected chi connectivity index (χ1v) is 10.1. The molecule has 0 bridgehead atoms. The highest BCUT2D eigenvalue weighted by Crippen LogP contribution is 2.22. The summed E-state index contributed by atoms with van der Waals surface area (Å²) in [6.45, 7) is 4.05. The molecule has 0 aromatic heterocycles. The number of amides is 1. The summed E-state index contributed by atoms with van der Waals surface area (Å²) < 4.78 is 12.1. The number of rotatable bonds is 5. The molecule has 1 aliphatic rings. The lowest BCUT2D eigenvalue weighted by Gasteiger charge is -2.28. The number of anilines is 2. The van der Waals surface area contributed by atoms with Gasteiger partial charge in [0.1, 0.15) is 0 Å². The van der Waals surface area contributed by atoms with Gasteiger partial charge in [-0.3, -0.25) is 9.00 Å². The third-order valence-corrected chi connectivity index (χ3v) is 5.86. The minimum absolute atomic E-state index is 0.219. The zero-order valence-electron chi connectivity index (χ0n) is 14.5. The number of nitrogens with one attached hydrogen (secondary N) is 1. The Balaban J connectivity index is 1.72. The summed E-state index contributed by atoms with van der Waals surface area (Å²) in [7, 11) is -1.16. The lowest BCUT2D eigenvalue weighted by Crippen LogP contribution is -2.29. The van der Waals surface area contributed by atoms with Crippen LogP contribution in [0.15, 0.2) is 53.4 Å². The maximum absolute atomic E-state index is 12.6. The number of carbonyl (C=O) groups is 1. The summed E-state index contributed by atoms with van der Waals surface area (Å²) in [5, 5.41) is 2.92. The van der Waals surface area contributed by atoms with Crippen molar-refractivity contribution < 1.29 is 9.00 Å². The quantitative estimate of drug-likeness (QED) is 0.879. The van der Waals surface area contributed by atoms with E-state index in [0.717, 1.165) is 18.8 Å². The van der Waals surface area contributed by atoms with Crippen LogP contribution < -0.4 is 10.2 Å². The average molecular weight is 356 g/mol. The molecule has 0 unspecified atom stereocenters. The summed E-state index contributed by atoms with van der Waals surface area (Å²) in [6.07, 6.45) is 3.79. The van der Waals surface area contributed by atoms with Crippen LogP contribution in [0.4, 0.5) is 11.4 Å². The van der Waals surface area contributed by atoms with E-state index in [1.165, 1.54) is 24.9 Å².